The molecule has 0 aliphatic carbocycles. The molecule has 0 fully saturated rings. The average Bonchev–Trinajstić information content (AvgIpc) is 2.33. The summed E-state index contributed by atoms with van der Waals surface area (Å²) in [7, 11) is 0. The molecule has 1 amide bonds. The molecule has 0 saturated heterocycles. The maximum absolute atomic E-state index is 12.9. The van der Waals surface area contributed by atoms with Crippen LogP contribution in [0.15, 0.2) is 18.2 Å². The van der Waals surface area contributed by atoms with E-state index in [1.807, 2.05) is 0 Å². The molecular formula is C14H18F3NO3. The Balaban J connectivity index is 2.86. The molecule has 4 nitrogen and oxygen atoms in total. The Morgan fingerprint density at radius 3 is 2.38 bits per heavy atom. The number of carbonyl (C=O) groups is 1. The van der Waals surface area contributed by atoms with Crippen molar-refractivity contribution in [1.82, 2.24) is 5.32 Å². The van der Waals surface area contributed by atoms with Crippen molar-refractivity contribution in [3.8, 4) is 5.75 Å². The predicted molar refractivity (Wildman–Crippen MR) is 70.8 cm³/mol. The second kappa shape index (κ2) is 6.34. The first-order valence-electron chi connectivity index (χ1n) is 6.28. The zero-order chi connectivity index (χ0) is 16.3. The second-order valence-corrected chi connectivity index (χ2v) is 5.57. The van der Waals surface area contributed by atoms with Gasteiger partial charge in [-0.2, -0.15) is 13.2 Å². The summed E-state index contributed by atoms with van der Waals surface area (Å²) >= 11 is 0. The van der Waals surface area contributed by atoms with E-state index >= 15 is 0 Å². The van der Waals surface area contributed by atoms with E-state index in [9.17, 15) is 18.0 Å². The highest BCUT2D eigenvalue weighted by Crippen LogP contribution is 2.36. The third kappa shape index (κ3) is 5.63. The number of halogens is 3. The Morgan fingerprint density at radius 2 is 1.90 bits per heavy atom. The van der Waals surface area contributed by atoms with E-state index < -0.39 is 42.1 Å². The number of rotatable bonds is 4. The summed E-state index contributed by atoms with van der Waals surface area (Å²) < 4.78 is 43.7. The van der Waals surface area contributed by atoms with Crippen LogP contribution in [0.25, 0.3) is 0 Å². The Labute approximate surface area is 120 Å². The largest absolute Gasteiger partial charge is 0.483 e. The fraction of sp³-hybridized carbons (Fsp3) is 0.500. The van der Waals surface area contributed by atoms with Crippen molar-refractivity contribution in [2.45, 2.75) is 39.1 Å². The fourth-order valence-corrected chi connectivity index (χ4v) is 1.62. The lowest BCUT2D eigenvalue weighted by Gasteiger charge is -2.21. The molecule has 0 aliphatic rings. The number of carbonyl (C=O) groups excluding carboxylic acids is 1. The quantitative estimate of drug-likeness (QED) is 0.898. The minimum Gasteiger partial charge on any atom is -0.483 e. The average molecular weight is 305 g/mol. The number of alkyl halides is 3. The Morgan fingerprint density at radius 1 is 1.29 bits per heavy atom. The highest BCUT2D eigenvalue weighted by Gasteiger charge is 2.34. The van der Waals surface area contributed by atoms with Gasteiger partial charge >= 0.3 is 6.18 Å². The Kier molecular flexibility index (Phi) is 5.22. The number of aliphatic hydroxyl groups is 1. The maximum atomic E-state index is 12.9. The lowest BCUT2D eigenvalue weighted by Crippen LogP contribution is -2.43. The second-order valence-electron chi connectivity index (χ2n) is 5.57. The molecule has 118 valence electrons. The van der Waals surface area contributed by atoms with E-state index in [-0.39, 0.29) is 5.56 Å². The molecule has 7 heteroatoms. The van der Waals surface area contributed by atoms with Crippen molar-refractivity contribution in [1.29, 1.82) is 0 Å². The van der Waals surface area contributed by atoms with E-state index in [1.54, 1.807) is 20.8 Å². The highest BCUT2D eigenvalue weighted by atomic mass is 19.4. The number of nitrogens with one attached hydrogen (secondary N) is 1. The van der Waals surface area contributed by atoms with Crippen LogP contribution in [0.4, 0.5) is 13.2 Å². The van der Waals surface area contributed by atoms with Gasteiger partial charge in [0, 0.05) is 5.54 Å². The molecule has 1 aromatic rings. The van der Waals surface area contributed by atoms with Gasteiger partial charge in [0.25, 0.3) is 5.91 Å². The minimum atomic E-state index is -4.62. The van der Waals surface area contributed by atoms with Crippen molar-refractivity contribution in [2.75, 3.05) is 6.61 Å². The summed E-state index contributed by atoms with van der Waals surface area (Å²) in [4.78, 5) is 11.6. The van der Waals surface area contributed by atoms with Gasteiger partial charge in [-0.3, -0.25) is 4.79 Å². The van der Waals surface area contributed by atoms with Crippen molar-refractivity contribution in [3.05, 3.63) is 29.3 Å². The van der Waals surface area contributed by atoms with Gasteiger partial charge in [0.1, 0.15) is 5.75 Å². The van der Waals surface area contributed by atoms with Crippen molar-refractivity contribution in [2.24, 2.45) is 0 Å². The van der Waals surface area contributed by atoms with E-state index in [4.69, 9.17) is 9.84 Å². The smallest absolute Gasteiger partial charge is 0.419 e. The monoisotopic (exact) mass is 305 g/mol. The van der Waals surface area contributed by atoms with Gasteiger partial charge in [-0.05, 0) is 38.5 Å². The number of benzene rings is 1. The summed E-state index contributed by atoms with van der Waals surface area (Å²) in [5, 5.41) is 11.5. The van der Waals surface area contributed by atoms with Crippen LogP contribution in [0.2, 0.25) is 0 Å². The van der Waals surface area contributed by atoms with Crippen molar-refractivity contribution in [3.63, 3.8) is 0 Å². The molecule has 0 aromatic heterocycles. The number of aliphatic hydroxyl groups excluding tert-OH is 1. The van der Waals surface area contributed by atoms with Crippen LogP contribution in [-0.2, 0) is 17.6 Å². The molecule has 0 bridgehead atoms. The lowest BCUT2D eigenvalue weighted by molar-refractivity contribution is -0.140. The van der Waals surface area contributed by atoms with Crippen LogP contribution in [-0.4, -0.2) is 23.2 Å². The zero-order valence-corrected chi connectivity index (χ0v) is 12.0. The summed E-state index contributed by atoms with van der Waals surface area (Å²) in [6.45, 7) is 4.24. The van der Waals surface area contributed by atoms with Crippen LogP contribution in [0, 0.1) is 0 Å². The zero-order valence-electron chi connectivity index (χ0n) is 12.0. The lowest BCUT2D eigenvalue weighted by atomic mass is 10.1. The molecule has 21 heavy (non-hydrogen) atoms. The molecule has 2 N–H and O–H groups in total. The molecule has 0 aliphatic heterocycles. The van der Waals surface area contributed by atoms with Gasteiger partial charge in [-0.15, -0.1) is 0 Å². The van der Waals surface area contributed by atoms with Crippen LogP contribution in [0.5, 0.6) is 5.75 Å². The third-order valence-electron chi connectivity index (χ3n) is 2.41. The first-order valence-corrected chi connectivity index (χ1v) is 6.28. The SMILES string of the molecule is CC(C)(C)NC(=O)COc1ccc(CO)cc1C(F)(F)F. The van der Waals surface area contributed by atoms with E-state index in [0.717, 1.165) is 12.1 Å². The third-order valence-corrected chi connectivity index (χ3v) is 2.41. The summed E-state index contributed by atoms with van der Waals surface area (Å²) in [6.07, 6.45) is -4.62. The number of hydrogen-bond acceptors (Lipinski definition) is 3. The first-order chi connectivity index (χ1) is 9.53. The van der Waals surface area contributed by atoms with E-state index in [1.165, 1.54) is 6.07 Å². The van der Waals surface area contributed by atoms with Gasteiger partial charge in [-0.1, -0.05) is 6.07 Å². The standard InChI is InChI=1S/C14H18F3NO3/c1-13(2,3)18-12(20)8-21-11-5-4-9(7-19)6-10(11)14(15,16)17/h4-6,19H,7-8H2,1-3H3,(H,18,20). The minimum absolute atomic E-state index is 0.119. The molecule has 0 unspecified atom stereocenters. The molecule has 1 rings (SSSR count). The van der Waals surface area contributed by atoms with Gasteiger partial charge in [0.15, 0.2) is 6.61 Å². The van der Waals surface area contributed by atoms with Crippen LogP contribution in [0.1, 0.15) is 31.9 Å². The maximum Gasteiger partial charge on any atom is 0.419 e. The molecule has 1 aromatic carbocycles. The van der Waals surface area contributed by atoms with Crippen LogP contribution >= 0.6 is 0 Å². The van der Waals surface area contributed by atoms with E-state index in [2.05, 4.69) is 5.32 Å². The Bertz CT molecular complexity index is 507. The summed E-state index contributed by atoms with van der Waals surface area (Å²) in [6, 6.07) is 3.21. The molecule has 0 saturated carbocycles. The van der Waals surface area contributed by atoms with Gasteiger partial charge in [-0.25, -0.2) is 0 Å². The van der Waals surface area contributed by atoms with Gasteiger partial charge in [0.05, 0.1) is 12.2 Å². The summed E-state index contributed by atoms with van der Waals surface area (Å²) in [5.74, 6) is -0.953. The van der Waals surface area contributed by atoms with Crippen LogP contribution in [0.3, 0.4) is 0 Å². The van der Waals surface area contributed by atoms with Crippen molar-refractivity contribution < 1.29 is 27.8 Å². The number of ether oxygens (including phenoxy) is 1. The van der Waals surface area contributed by atoms with Crippen LogP contribution < -0.4 is 10.1 Å². The molecular weight excluding hydrogens is 287 g/mol. The number of amides is 1. The molecule has 0 radical (unpaired) electrons. The summed E-state index contributed by atoms with van der Waals surface area (Å²) in [5.41, 5.74) is -1.39. The predicted octanol–water partition coefficient (Wildman–Crippen LogP) is 2.49. The van der Waals surface area contributed by atoms with Gasteiger partial charge in [0.2, 0.25) is 0 Å². The molecule has 0 spiro atoms. The van der Waals surface area contributed by atoms with Gasteiger partial charge < -0.3 is 15.2 Å². The number of hydrogen-bond donors (Lipinski definition) is 2. The van der Waals surface area contributed by atoms with Crippen molar-refractivity contribution >= 4 is 5.91 Å². The normalized spacial score (nSPS) is 12.1. The first kappa shape index (κ1) is 17.3. The highest BCUT2D eigenvalue weighted by molar-refractivity contribution is 5.78. The fourth-order valence-electron chi connectivity index (χ4n) is 1.62. The molecule has 0 atom stereocenters. The topological polar surface area (TPSA) is 58.6 Å². The molecule has 0 heterocycles. The Hall–Kier alpha value is -1.76. The van der Waals surface area contributed by atoms with E-state index in [0.29, 0.717) is 0 Å².